The highest BCUT2D eigenvalue weighted by Crippen LogP contribution is 1.96. The third-order valence-electron chi connectivity index (χ3n) is 2.24. The Morgan fingerprint density at radius 2 is 2.05 bits per heavy atom. The number of hydrogen-bond donors (Lipinski definition) is 2. The van der Waals surface area contributed by atoms with Gasteiger partial charge in [0.2, 0.25) is 5.91 Å². The van der Waals surface area contributed by atoms with E-state index >= 15 is 0 Å². The van der Waals surface area contributed by atoms with E-state index in [1.807, 2.05) is 6.08 Å². The van der Waals surface area contributed by atoms with Crippen LogP contribution in [-0.2, 0) is 9.53 Å². The van der Waals surface area contributed by atoms with Gasteiger partial charge in [0.15, 0.2) is 5.96 Å². The lowest BCUT2D eigenvalue weighted by molar-refractivity contribution is -0.127. The Morgan fingerprint density at radius 1 is 1.38 bits per heavy atom. The van der Waals surface area contributed by atoms with E-state index in [1.54, 1.807) is 33.0 Å². The topological polar surface area (TPSA) is 66.0 Å². The highest BCUT2D eigenvalue weighted by molar-refractivity contribution is 14.0. The summed E-state index contributed by atoms with van der Waals surface area (Å²) in [6.07, 6.45) is 1.88. The van der Waals surface area contributed by atoms with Crippen molar-refractivity contribution in [1.82, 2.24) is 15.5 Å². The van der Waals surface area contributed by atoms with Crippen LogP contribution >= 0.6 is 35.7 Å². The summed E-state index contributed by atoms with van der Waals surface area (Å²) in [5.41, 5.74) is 0. The zero-order valence-corrected chi connectivity index (χ0v) is 16.2. The zero-order chi connectivity index (χ0) is 15.2. The fraction of sp³-hybridized carbons (Fsp3) is 0.692. The van der Waals surface area contributed by atoms with Crippen molar-refractivity contribution in [2.45, 2.75) is 0 Å². The largest absolute Gasteiger partial charge is 0.383 e. The minimum absolute atomic E-state index is 0. The lowest BCUT2D eigenvalue weighted by Crippen LogP contribution is -2.41. The van der Waals surface area contributed by atoms with Gasteiger partial charge in [-0.2, -0.15) is 11.8 Å². The first-order valence-corrected chi connectivity index (χ1v) is 7.67. The molecule has 8 heteroatoms. The second-order valence-electron chi connectivity index (χ2n) is 4.16. The standard InChI is InChI=1S/C13H26N4O2S.HI/c1-5-9-20-10-7-15-13(14-6-8-19-4)16-11-12(18)17(2)3;/h5H,1,6-11H2,2-4H3,(H2,14,15,16);1H. The molecular weight excluding hydrogens is 403 g/mol. The molecule has 0 aliphatic heterocycles. The number of carbonyl (C=O) groups is 1. The second kappa shape index (κ2) is 15.9. The maximum atomic E-state index is 11.5. The Labute approximate surface area is 149 Å². The number of nitrogens with zero attached hydrogens (tertiary/aromatic N) is 2. The van der Waals surface area contributed by atoms with Gasteiger partial charge in [-0.25, -0.2) is 4.99 Å². The summed E-state index contributed by atoms with van der Waals surface area (Å²) in [5, 5.41) is 6.31. The Bertz CT molecular complexity index is 315. The third-order valence-corrected chi connectivity index (χ3v) is 3.21. The van der Waals surface area contributed by atoms with Gasteiger partial charge in [-0.05, 0) is 0 Å². The second-order valence-corrected chi connectivity index (χ2v) is 5.31. The molecule has 0 aromatic carbocycles. The highest BCUT2D eigenvalue weighted by atomic mass is 127. The van der Waals surface area contributed by atoms with E-state index in [1.165, 1.54) is 4.90 Å². The van der Waals surface area contributed by atoms with Crippen LogP contribution in [0.15, 0.2) is 17.6 Å². The lowest BCUT2D eigenvalue weighted by atomic mass is 10.5. The molecule has 0 spiro atoms. The molecule has 0 bridgehead atoms. The van der Waals surface area contributed by atoms with E-state index < -0.39 is 0 Å². The van der Waals surface area contributed by atoms with Gasteiger partial charge in [0, 0.05) is 45.8 Å². The van der Waals surface area contributed by atoms with Gasteiger partial charge >= 0.3 is 0 Å². The SMILES string of the molecule is C=CCSCCNC(=NCC(=O)N(C)C)NCCOC.I. The number of rotatable bonds is 10. The number of hydrogen-bond acceptors (Lipinski definition) is 4. The molecule has 6 nitrogen and oxygen atoms in total. The number of guanidine groups is 1. The van der Waals surface area contributed by atoms with Crippen LogP contribution in [0, 0.1) is 0 Å². The van der Waals surface area contributed by atoms with Crippen molar-refractivity contribution < 1.29 is 9.53 Å². The molecule has 0 heterocycles. The maximum absolute atomic E-state index is 11.5. The van der Waals surface area contributed by atoms with Gasteiger partial charge in [0.25, 0.3) is 0 Å². The molecule has 0 saturated carbocycles. The van der Waals surface area contributed by atoms with E-state index in [0.717, 1.165) is 18.1 Å². The van der Waals surface area contributed by atoms with Gasteiger partial charge in [-0.15, -0.1) is 30.6 Å². The summed E-state index contributed by atoms with van der Waals surface area (Å²) in [6, 6.07) is 0. The Kier molecular flexibility index (Phi) is 17.3. The fourth-order valence-corrected chi connectivity index (χ4v) is 1.72. The summed E-state index contributed by atoms with van der Waals surface area (Å²) >= 11 is 1.79. The van der Waals surface area contributed by atoms with Crippen molar-refractivity contribution in [3.63, 3.8) is 0 Å². The molecule has 124 valence electrons. The summed E-state index contributed by atoms with van der Waals surface area (Å²) in [5.74, 6) is 2.50. The van der Waals surface area contributed by atoms with E-state index in [0.29, 0.717) is 19.1 Å². The number of amides is 1. The molecule has 0 rings (SSSR count). The van der Waals surface area contributed by atoms with Crippen LogP contribution in [0.2, 0.25) is 0 Å². The molecular formula is C13H27IN4O2S. The van der Waals surface area contributed by atoms with Gasteiger partial charge in [0.05, 0.1) is 6.61 Å². The molecule has 0 aliphatic rings. The minimum Gasteiger partial charge on any atom is -0.383 e. The van der Waals surface area contributed by atoms with E-state index in [9.17, 15) is 4.79 Å². The monoisotopic (exact) mass is 430 g/mol. The Hall–Kier alpha value is -0.480. The molecule has 2 N–H and O–H groups in total. The van der Waals surface area contributed by atoms with Crippen LogP contribution in [0.1, 0.15) is 0 Å². The van der Waals surface area contributed by atoms with E-state index in [-0.39, 0.29) is 36.4 Å². The fourth-order valence-electron chi connectivity index (χ4n) is 1.14. The van der Waals surface area contributed by atoms with Gasteiger partial charge < -0.3 is 20.3 Å². The number of likely N-dealkylation sites (N-methyl/N-ethyl adjacent to an activating group) is 1. The first-order valence-electron chi connectivity index (χ1n) is 6.51. The Morgan fingerprint density at radius 3 is 2.62 bits per heavy atom. The van der Waals surface area contributed by atoms with Crippen LogP contribution in [0.4, 0.5) is 0 Å². The predicted octanol–water partition coefficient (Wildman–Crippen LogP) is 0.793. The van der Waals surface area contributed by atoms with E-state index in [2.05, 4.69) is 22.2 Å². The van der Waals surface area contributed by atoms with Crippen molar-refractivity contribution in [2.24, 2.45) is 4.99 Å². The number of ether oxygens (including phenoxy) is 1. The van der Waals surface area contributed by atoms with Crippen LogP contribution in [-0.4, -0.2) is 75.7 Å². The van der Waals surface area contributed by atoms with Crippen LogP contribution < -0.4 is 10.6 Å². The summed E-state index contributed by atoms with van der Waals surface area (Å²) in [6.45, 7) is 5.84. The van der Waals surface area contributed by atoms with E-state index in [4.69, 9.17) is 4.74 Å². The van der Waals surface area contributed by atoms with Crippen LogP contribution in [0.5, 0.6) is 0 Å². The average molecular weight is 430 g/mol. The van der Waals surface area contributed by atoms with Crippen molar-refractivity contribution in [3.05, 3.63) is 12.7 Å². The quantitative estimate of drug-likeness (QED) is 0.177. The molecule has 0 atom stereocenters. The molecule has 21 heavy (non-hydrogen) atoms. The maximum Gasteiger partial charge on any atom is 0.243 e. The van der Waals surface area contributed by atoms with Crippen molar-refractivity contribution in [3.8, 4) is 0 Å². The number of halogens is 1. The molecule has 0 radical (unpaired) electrons. The van der Waals surface area contributed by atoms with Crippen LogP contribution in [0.3, 0.4) is 0 Å². The van der Waals surface area contributed by atoms with Crippen LogP contribution in [0.25, 0.3) is 0 Å². The number of nitrogens with one attached hydrogen (secondary N) is 2. The number of carbonyl (C=O) groups excluding carboxylic acids is 1. The molecule has 0 unspecified atom stereocenters. The molecule has 0 saturated heterocycles. The molecule has 0 aromatic heterocycles. The number of methoxy groups -OCH3 is 1. The average Bonchev–Trinajstić information content (AvgIpc) is 2.43. The Balaban J connectivity index is 0. The smallest absolute Gasteiger partial charge is 0.243 e. The minimum atomic E-state index is -0.0288. The summed E-state index contributed by atoms with van der Waals surface area (Å²) in [7, 11) is 5.08. The number of thioether (sulfide) groups is 1. The van der Waals surface area contributed by atoms with Crippen molar-refractivity contribution in [1.29, 1.82) is 0 Å². The lowest BCUT2D eigenvalue weighted by Gasteiger charge is -2.13. The highest BCUT2D eigenvalue weighted by Gasteiger charge is 2.04. The molecule has 0 aromatic rings. The normalized spacial score (nSPS) is 10.5. The predicted molar refractivity (Wildman–Crippen MR) is 102 cm³/mol. The molecule has 1 amide bonds. The first kappa shape index (κ1) is 22.8. The number of aliphatic imine (C=N–C) groups is 1. The summed E-state index contributed by atoms with van der Waals surface area (Å²) < 4.78 is 4.98. The van der Waals surface area contributed by atoms with Crippen molar-refractivity contribution in [2.75, 3.05) is 59.0 Å². The zero-order valence-electron chi connectivity index (χ0n) is 13.1. The first-order chi connectivity index (χ1) is 9.61. The van der Waals surface area contributed by atoms with Gasteiger partial charge in [-0.1, -0.05) is 6.08 Å². The van der Waals surface area contributed by atoms with Gasteiger partial charge in [-0.3, -0.25) is 4.79 Å². The summed E-state index contributed by atoms with van der Waals surface area (Å²) in [4.78, 5) is 17.3. The van der Waals surface area contributed by atoms with Gasteiger partial charge in [0.1, 0.15) is 6.54 Å². The third kappa shape index (κ3) is 14.2. The van der Waals surface area contributed by atoms with Crippen molar-refractivity contribution >= 4 is 47.6 Å². The molecule has 0 aliphatic carbocycles. The molecule has 0 fully saturated rings.